The van der Waals surface area contributed by atoms with E-state index in [9.17, 15) is 9.90 Å². The van der Waals surface area contributed by atoms with E-state index in [1.807, 2.05) is 38.1 Å². The Labute approximate surface area is 133 Å². The van der Waals surface area contributed by atoms with Crippen molar-refractivity contribution in [1.82, 2.24) is 19.8 Å². The van der Waals surface area contributed by atoms with Crippen LogP contribution in [0.25, 0.3) is 16.4 Å². The number of aromatic nitrogens is 4. The summed E-state index contributed by atoms with van der Waals surface area (Å²) in [5.41, 5.74) is 0.670. The molecule has 7 heteroatoms. The second-order valence-corrected chi connectivity index (χ2v) is 5.55. The summed E-state index contributed by atoms with van der Waals surface area (Å²) in [6.45, 7) is 3.86. The normalized spacial score (nSPS) is 12.6. The lowest BCUT2D eigenvalue weighted by atomic mass is 10.1. The number of carboxylic acid groups (broad SMARTS) is 1. The zero-order valence-electron chi connectivity index (χ0n) is 13.2. The van der Waals surface area contributed by atoms with E-state index in [0.717, 1.165) is 23.6 Å². The summed E-state index contributed by atoms with van der Waals surface area (Å²) in [6.07, 6.45) is 2.35. The van der Waals surface area contributed by atoms with Gasteiger partial charge in [0.2, 0.25) is 0 Å². The molecule has 1 aromatic carbocycles. The minimum absolute atomic E-state index is 0.541. The molecule has 1 atom stereocenters. The molecule has 0 fully saturated rings. The summed E-state index contributed by atoms with van der Waals surface area (Å²) in [4.78, 5) is 11.5. The van der Waals surface area contributed by atoms with Gasteiger partial charge in [0.25, 0.3) is 0 Å². The van der Waals surface area contributed by atoms with Crippen LogP contribution in [0.2, 0.25) is 0 Å². The first kappa shape index (κ1) is 15.2. The SMILES string of the molecule is CCCCC(Nc1nn2c(C)nnc2c2ccccc12)C(=O)O. The number of unbranched alkanes of at least 4 members (excludes halogenated alkanes) is 1. The van der Waals surface area contributed by atoms with E-state index >= 15 is 0 Å². The van der Waals surface area contributed by atoms with Crippen LogP contribution in [0.4, 0.5) is 5.82 Å². The molecule has 0 saturated heterocycles. The minimum Gasteiger partial charge on any atom is -0.480 e. The third-order valence-corrected chi connectivity index (χ3v) is 3.88. The molecule has 0 aliphatic rings. The van der Waals surface area contributed by atoms with Crippen molar-refractivity contribution >= 4 is 28.2 Å². The van der Waals surface area contributed by atoms with Gasteiger partial charge in [0.1, 0.15) is 6.04 Å². The second kappa shape index (κ2) is 6.20. The highest BCUT2D eigenvalue weighted by molar-refractivity contribution is 6.00. The van der Waals surface area contributed by atoms with Gasteiger partial charge in [0.15, 0.2) is 17.3 Å². The van der Waals surface area contributed by atoms with Crippen molar-refractivity contribution in [1.29, 1.82) is 0 Å². The molecule has 1 unspecified atom stereocenters. The van der Waals surface area contributed by atoms with Crippen molar-refractivity contribution in [3.63, 3.8) is 0 Å². The Morgan fingerprint density at radius 3 is 2.74 bits per heavy atom. The van der Waals surface area contributed by atoms with Gasteiger partial charge < -0.3 is 10.4 Å². The average molecular weight is 313 g/mol. The van der Waals surface area contributed by atoms with Gasteiger partial charge in [-0.1, -0.05) is 44.0 Å². The molecule has 0 radical (unpaired) electrons. The first-order valence-electron chi connectivity index (χ1n) is 7.72. The fourth-order valence-electron chi connectivity index (χ4n) is 2.62. The monoisotopic (exact) mass is 313 g/mol. The number of hydrogen-bond donors (Lipinski definition) is 2. The Balaban J connectivity index is 2.10. The molecular weight excluding hydrogens is 294 g/mol. The third-order valence-electron chi connectivity index (χ3n) is 3.88. The number of carbonyl (C=O) groups is 1. The van der Waals surface area contributed by atoms with Crippen molar-refractivity contribution < 1.29 is 9.90 Å². The van der Waals surface area contributed by atoms with Crippen LogP contribution >= 0.6 is 0 Å². The van der Waals surface area contributed by atoms with Gasteiger partial charge >= 0.3 is 5.97 Å². The summed E-state index contributed by atoms with van der Waals surface area (Å²) in [5.74, 6) is 0.332. The van der Waals surface area contributed by atoms with E-state index in [1.54, 1.807) is 4.52 Å². The summed E-state index contributed by atoms with van der Waals surface area (Å²) in [5, 5.41) is 27.0. The van der Waals surface area contributed by atoms with E-state index in [0.29, 0.717) is 23.7 Å². The van der Waals surface area contributed by atoms with Gasteiger partial charge in [0, 0.05) is 10.8 Å². The van der Waals surface area contributed by atoms with Crippen molar-refractivity contribution in [3.05, 3.63) is 30.1 Å². The number of fused-ring (bicyclic) bond motifs is 3. The van der Waals surface area contributed by atoms with Gasteiger partial charge in [-0.25, -0.2) is 4.79 Å². The maximum absolute atomic E-state index is 11.5. The summed E-state index contributed by atoms with van der Waals surface area (Å²) < 4.78 is 1.64. The van der Waals surface area contributed by atoms with E-state index in [2.05, 4.69) is 20.6 Å². The summed E-state index contributed by atoms with van der Waals surface area (Å²) in [7, 11) is 0. The minimum atomic E-state index is -0.870. The fourth-order valence-corrected chi connectivity index (χ4v) is 2.62. The maximum atomic E-state index is 11.5. The molecule has 3 aromatic rings. The van der Waals surface area contributed by atoms with Gasteiger partial charge in [-0.3, -0.25) is 0 Å². The van der Waals surface area contributed by atoms with Crippen LogP contribution in [-0.4, -0.2) is 36.9 Å². The van der Waals surface area contributed by atoms with Crippen LogP contribution in [0.3, 0.4) is 0 Å². The molecular formula is C16H19N5O2. The second-order valence-electron chi connectivity index (χ2n) is 5.55. The quantitative estimate of drug-likeness (QED) is 0.727. The first-order chi connectivity index (χ1) is 11.1. The molecule has 0 bridgehead atoms. The molecule has 23 heavy (non-hydrogen) atoms. The fraction of sp³-hybridized carbons (Fsp3) is 0.375. The number of benzene rings is 1. The molecule has 3 rings (SSSR count). The van der Waals surface area contributed by atoms with Crippen LogP contribution < -0.4 is 5.32 Å². The lowest BCUT2D eigenvalue weighted by Gasteiger charge is -2.16. The number of nitrogens with one attached hydrogen (secondary N) is 1. The van der Waals surface area contributed by atoms with Crippen molar-refractivity contribution in [3.8, 4) is 0 Å². The smallest absolute Gasteiger partial charge is 0.326 e. The number of anilines is 1. The number of hydrogen-bond acceptors (Lipinski definition) is 5. The van der Waals surface area contributed by atoms with Crippen LogP contribution in [-0.2, 0) is 4.79 Å². The lowest BCUT2D eigenvalue weighted by Crippen LogP contribution is -2.30. The highest BCUT2D eigenvalue weighted by atomic mass is 16.4. The molecule has 2 N–H and O–H groups in total. The van der Waals surface area contributed by atoms with E-state index in [1.165, 1.54) is 0 Å². The molecule has 7 nitrogen and oxygen atoms in total. The summed E-state index contributed by atoms with van der Waals surface area (Å²) >= 11 is 0. The molecule has 0 spiro atoms. The maximum Gasteiger partial charge on any atom is 0.326 e. The first-order valence-corrected chi connectivity index (χ1v) is 7.72. The van der Waals surface area contributed by atoms with Crippen LogP contribution in [0, 0.1) is 6.92 Å². The van der Waals surface area contributed by atoms with E-state index in [4.69, 9.17) is 0 Å². The highest BCUT2D eigenvalue weighted by Crippen LogP contribution is 2.25. The Bertz CT molecular complexity index is 858. The van der Waals surface area contributed by atoms with Crippen molar-refractivity contribution in [2.45, 2.75) is 39.2 Å². The molecule has 0 amide bonds. The van der Waals surface area contributed by atoms with Gasteiger partial charge in [-0.05, 0) is 13.3 Å². The number of aryl methyl sites for hydroxylation is 1. The zero-order valence-corrected chi connectivity index (χ0v) is 13.2. The standard InChI is InChI=1S/C16H19N5O2/c1-3-4-9-13(16(22)23)17-14-11-7-5-6-8-12(11)15-19-18-10(2)21(15)20-14/h5-8,13H,3-4,9H2,1-2H3,(H,17,20)(H,22,23). The van der Waals surface area contributed by atoms with Gasteiger partial charge in [-0.15, -0.1) is 15.3 Å². The number of aliphatic carboxylic acids is 1. The van der Waals surface area contributed by atoms with E-state index < -0.39 is 12.0 Å². The van der Waals surface area contributed by atoms with Crippen molar-refractivity contribution in [2.24, 2.45) is 0 Å². The summed E-state index contributed by atoms with van der Waals surface area (Å²) in [6, 6.07) is 7.00. The third kappa shape index (κ3) is 2.81. The largest absolute Gasteiger partial charge is 0.480 e. The van der Waals surface area contributed by atoms with Gasteiger partial charge in [0.05, 0.1) is 0 Å². The Kier molecular flexibility index (Phi) is 4.10. The molecule has 120 valence electrons. The average Bonchev–Trinajstić information content (AvgIpc) is 2.92. The Morgan fingerprint density at radius 1 is 1.30 bits per heavy atom. The van der Waals surface area contributed by atoms with Crippen molar-refractivity contribution in [2.75, 3.05) is 5.32 Å². The molecule has 0 aliphatic heterocycles. The number of carboxylic acids is 1. The van der Waals surface area contributed by atoms with Crippen LogP contribution in [0.5, 0.6) is 0 Å². The predicted octanol–water partition coefficient (Wildman–Crippen LogP) is 2.64. The molecule has 0 aliphatic carbocycles. The molecule has 2 heterocycles. The highest BCUT2D eigenvalue weighted by Gasteiger charge is 2.20. The molecule has 0 saturated carbocycles. The van der Waals surface area contributed by atoms with Crippen LogP contribution in [0.1, 0.15) is 32.0 Å². The Hall–Kier alpha value is -2.70. The number of rotatable bonds is 6. The predicted molar refractivity (Wildman–Crippen MR) is 87.6 cm³/mol. The zero-order chi connectivity index (χ0) is 16.4. The molecule has 2 aromatic heterocycles. The van der Waals surface area contributed by atoms with Gasteiger partial charge in [-0.2, -0.15) is 4.52 Å². The topological polar surface area (TPSA) is 92.4 Å². The Morgan fingerprint density at radius 2 is 2.04 bits per heavy atom. The van der Waals surface area contributed by atoms with Crippen LogP contribution in [0.15, 0.2) is 24.3 Å². The lowest BCUT2D eigenvalue weighted by molar-refractivity contribution is -0.138. The number of nitrogens with zero attached hydrogens (tertiary/aromatic N) is 4. The van der Waals surface area contributed by atoms with E-state index in [-0.39, 0.29) is 0 Å².